The smallest absolute Gasteiger partial charge is 0.278 e. The average molecular weight is 486 g/mol. The maximum Gasteiger partial charge on any atom is 0.278 e. The molecule has 0 saturated carbocycles. The summed E-state index contributed by atoms with van der Waals surface area (Å²) in [7, 11) is 0. The van der Waals surface area contributed by atoms with Crippen molar-refractivity contribution in [3.05, 3.63) is 62.8 Å². The van der Waals surface area contributed by atoms with Crippen molar-refractivity contribution in [2.45, 2.75) is 44.8 Å². The number of aromatic nitrogens is 1. The summed E-state index contributed by atoms with van der Waals surface area (Å²) in [6, 6.07) is -0.997. The summed E-state index contributed by atoms with van der Waals surface area (Å²) in [5.74, 6) is -6.78. The highest BCUT2D eigenvalue weighted by atomic mass is 19.3. The number of hydrogen-bond acceptors (Lipinski definition) is 5. The molecule has 2 aliphatic rings. The first kappa shape index (κ1) is 23.5. The maximum atomic E-state index is 13.8. The molecule has 0 spiro atoms. The zero-order valence-electron chi connectivity index (χ0n) is 17.7. The minimum atomic E-state index is -2.84. The first-order chi connectivity index (χ1) is 16.0. The van der Waals surface area contributed by atoms with Crippen molar-refractivity contribution in [2.24, 2.45) is 0 Å². The summed E-state index contributed by atoms with van der Waals surface area (Å²) in [6.45, 7) is 0.619. The predicted octanol–water partition coefficient (Wildman–Crippen LogP) is 2.07. The van der Waals surface area contributed by atoms with E-state index >= 15 is 0 Å². The van der Waals surface area contributed by atoms with Crippen LogP contribution in [-0.2, 0) is 6.54 Å². The highest BCUT2D eigenvalue weighted by molar-refractivity contribution is 5.99. The summed E-state index contributed by atoms with van der Waals surface area (Å²) >= 11 is 0. The van der Waals surface area contributed by atoms with Crippen LogP contribution in [0.5, 0.6) is 5.75 Å². The van der Waals surface area contributed by atoms with Gasteiger partial charge in [-0.15, -0.1) is 0 Å². The lowest BCUT2D eigenvalue weighted by atomic mass is 10.1. The lowest BCUT2D eigenvalue weighted by molar-refractivity contribution is 0.0579. The standard InChI is InChI=1S/C21H19F5N4O4/c1-9-2-3-15(19(25)26)30-8-28(9)21(34)16-18(32)17(31)12(7-29(16)30)20(33)27-6-11-13(23)4-10(22)5-14(11)24/h4-5,7,9,15,19,32H,2-3,6,8H2,1H3,(H,27,33)/t9-,15-/m0/s1. The molecule has 34 heavy (non-hydrogen) atoms. The number of alkyl halides is 2. The minimum Gasteiger partial charge on any atom is -0.502 e. The molecule has 1 fully saturated rings. The second-order valence-electron chi connectivity index (χ2n) is 8.13. The van der Waals surface area contributed by atoms with Crippen molar-refractivity contribution >= 4 is 11.8 Å². The van der Waals surface area contributed by atoms with Crippen molar-refractivity contribution < 1.29 is 36.6 Å². The van der Waals surface area contributed by atoms with Gasteiger partial charge >= 0.3 is 0 Å². The van der Waals surface area contributed by atoms with Gasteiger partial charge < -0.3 is 15.3 Å². The second-order valence-corrected chi connectivity index (χ2v) is 8.13. The van der Waals surface area contributed by atoms with Crippen molar-refractivity contribution in [3.63, 3.8) is 0 Å². The fraction of sp³-hybridized carbons (Fsp3) is 0.381. The van der Waals surface area contributed by atoms with Gasteiger partial charge in [-0.1, -0.05) is 0 Å². The number of amides is 2. The molecule has 1 saturated heterocycles. The zero-order chi connectivity index (χ0) is 24.9. The lowest BCUT2D eigenvalue weighted by Gasteiger charge is -2.42. The minimum absolute atomic E-state index is 0.000405. The average Bonchev–Trinajstić information content (AvgIpc) is 2.90. The number of nitrogens with zero attached hydrogens (tertiary/aromatic N) is 3. The number of nitrogens with one attached hydrogen (secondary N) is 1. The molecule has 2 atom stereocenters. The molecule has 2 N–H and O–H groups in total. The van der Waals surface area contributed by atoms with E-state index in [1.54, 1.807) is 6.92 Å². The lowest BCUT2D eigenvalue weighted by Crippen LogP contribution is -2.59. The molecule has 2 aliphatic heterocycles. The molecular formula is C21H19F5N4O4. The Morgan fingerprint density at radius 3 is 2.44 bits per heavy atom. The van der Waals surface area contributed by atoms with Crippen LogP contribution in [0.4, 0.5) is 22.0 Å². The number of rotatable bonds is 4. The van der Waals surface area contributed by atoms with Crippen LogP contribution >= 0.6 is 0 Å². The number of benzene rings is 1. The van der Waals surface area contributed by atoms with Crippen LogP contribution in [0.1, 0.15) is 46.2 Å². The first-order valence-corrected chi connectivity index (χ1v) is 10.3. The Morgan fingerprint density at radius 1 is 1.18 bits per heavy atom. The Hall–Kier alpha value is -3.64. The van der Waals surface area contributed by atoms with Crippen LogP contribution in [0.2, 0.25) is 0 Å². The number of carbonyl (C=O) groups is 2. The summed E-state index contributed by atoms with van der Waals surface area (Å²) in [5.41, 5.74) is -3.25. The van der Waals surface area contributed by atoms with Gasteiger partial charge in [-0.3, -0.25) is 24.1 Å². The van der Waals surface area contributed by atoms with Crippen LogP contribution in [0.3, 0.4) is 0 Å². The van der Waals surface area contributed by atoms with Gasteiger partial charge in [0, 0.05) is 36.5 Å². The van der Waals surface area contributed by atoms with Gasteiger partial charge in [0.25, 0.3) is 18.2 Å². The van der Waals surface area contributed by atoms with E-state index in [2.05, 4.69) is 5.32 Å². The zero-order valence-corrected chi connectivity index (χ0v) is 17.7. The molecule has 1 aromatic carbocycles. The van der Waals surface area contributed by atoms with E-state index in [4.69, 9.17) is 0 Å². The molecule has 13 heteroatoms. The SMILES string of the molecule is C[C@H]1CC[C@@H](C(F)F)N2CN1C(=O)c1c(O)c(=O)c(C(=O)NCc3c(F)cc(F)cc3F)cn12. The Morgan fingerprint density at radius 2 is 1.82 bits per heavy atom. The molecule has 2 aromatic rings. The summed E-state index contributed by atoms with van der Waals surface area (Å²) in [4.78, 5) is 39.5. The van der Waals surface area contributed by atoms with Crippen LogP contribution in [0, 0.1) is 17.5 Å². The third-order valence-corrected chi connectivity index (χ3v) is 6.06. The van der Waals surface area contributed by atoms with Gasteiger partial charge in [-0.05, 0) is 19.8 Å². The van der Waals surface area contributed by atoms with Crippen LogP contribution < -0.4 is 15.8 Å². The second kappa shape index (κ2) is 8.61. The summed E-state index contributed by atoms with van der Waals surface area (Å²) in [6.07, 6.45) is -1.75. The van der Waals surface area contributed by atoms with Crippen molar-refractivity contribution in [3.8, 4) is 5.75 Å². The molecule has 2 amide bonds. The Kier molecular flexibility index (Phi) is 5.96. The van der Waals surface area contributed by atoms with Crippen LogP contribution in [-0.4, -0.2) is 51.7 Å². The van der Waals surface area contributed by atoms with Gasteiger partial charge in [-0.2, -0.15) is 0 Å². The monoisotopic (exact) mass is 486 g/mol. The van der Waals surface area contributed by atoms with E-state index in [0.717, 1.165) is 15.9 Å². The Labute approximate surface area is 189 Å². The normalized spacial score (nSPS) is 19.8. The highest BCUT2D eigenvalue weighted by Crippen LogP contribution is 2.30. The molecule has 8 nitrogen and oxygen atoms in total. The van der Waals surface area contributed by atoms with Gasteiger partial charge in [0.05, 0.1) is 0 Å². The van der Waals surface area contributed by atoms with Crippen molar-refractivity contribution in [2.75, 3.05) is 11.7 Å². The number of hydrogen-bond donors (Lipinski definition) is 2. The number of pyridine rings is 1. The topological polar surface area (TPSA) is 94.9 Å². The van der Waals surface area contributed by atoms with Crippen molar-refractivity contribution in [1.82, 2.24) is 14.9 Å². The number of carbonyl (C=O) groups excluding carboxylic acids is 2. The van der Waals surface area contributed by atoms with E-state index in [-0.39, 0.29) is 19.5 Å². The molecule has 4 rings (SSSR count). The maximum absolute atomic E-state index is 13.8. The summed E-state index contributed by atoms with van der Waals surface area (Å²) < 4.78 is 69.2. The molecule has 182 valence electrons. The van der Waals surface area contributed by atoms with Gasteiger partial charge in [0.15, 0.2) is 11.4 Å². The number of aromatic hydroxyl groups is 1. The molecule has 1 aromatic heterocycles. The molecule has 3 heterocycles. The fourth-order valence-corrected chi connectivity index (χ4v) is 4.16. The molecule has 0 aliphatic carbocycles. The van der Waals surface area contributed by atoms with E-state index in [1.165, 1.54) is 4.90 Å². The van der Waals surface area contributed by atoms with E-state index < -0.39 is 82.3 Å². The molecular weight excluding hydrogens is 467 g/mol. The number of halogens is 5. The molecule has 0 unspecified atom stereocenters. The quantitative estimate of drug-likeness (QED) is 0.646. The first-order valence-electron chi connectivity index (χ1n) is 10.3. The third-order valence-electron chi connectivity index (χ3n) is 6.06. The summed E-state index contributed by atoms with van der Waals surface area (Å²) in [5, 5.41) is 13.6. The van der Waals surface area contributed by atoms with Gasteiger partial charge in [0.1, 0.15) is 35.7 Å². The third kappa shape index (κ3) is 3.84. The van der Waals surface area contributed by atoms with E-state index in [1.807, 2.05) is 0 Å². The van der Waals surface area contributed by atoms with E-state index in [0.29, 0.717) is 12.1 Å². The molecule has 2 bridgehead atoms. The van der Waals surface area contributed by atoms with Crippen LogP contribution in [0.15, 0.2) is 23.1 Å². The molecule has 0 radical (unpaired) electrons. The fourth-order valence-electron chi connectivity index (χ4n) is 4.16. The van der Waals surface area contributed by atoms with Crippen LogP contribution in [0.25, 0.3) is 0 Å². The van der Waals surface area contributed by atoms with Gasteiger partial charge in [-0.25, -0.2) is 22.0 Å². The van der Waals surface area contributed by atoms with Crippen molar-refractivity contribution in [1.29, 1.82) is 0 Å². The largest absolute Gasteiger partial charge is 0.502 e. The van der Waals surface area contributed by atoms with Gasteiger partial charge in [0.2, 0.25) is 5.43 Å². The highest BCUT2D eigenvalue weighted by Gasteiger charge is 2.43. The number of fused-ring (bicyclic) bond motifs is 4. The Bertz CT molecular complexity index is 1210. The Balaban J connectivity index is 1.73. The predicted molar refractivity (Wildman–Crippen MR) is 108 cm³/mol. The van der Waals surface area contributed by atoms with E-state index in [9.17, 15) is 41.4 Å².